The molecule has 1 amide bonds. The van der Waals surface area contributed by atoms with Crippen molar-refractivity contribution < 1.29 is 19.5 Å². The number of nitrogens with zero attached hydrogens (tertiary/aromatic N) is 2. The Morgan fingerprint density at radius 1 is 1.38 bits per heavy atom. The topological polar surface area (TPSA) is 71.8 Å². The number of carbonyl (C=O) groups is 2. The van der Waals surface area contributed by atoms with Gasteiger partial charge in [-0.2, -0.15) is 5.06 Å². The number of fused-ring (bicyclic) bond motifs is 3. The van der Waals surface area contributed by atoms with E-state index in [1.165, 1.54) is 17.2 Å². The molecule has 0 aliphatic carbocycles. The summed E-state index contributed by atoms with van der Waals surface area (Å²) in [4.78, 5) is 28.5. The Labute approximate surface area is 121 Å². The summed E-state index contributed by atoms with van der Waals surface area (Å²) in [5, 5.41) is 11.1. The summed E-state index contributed by atoms with van der Waals surface area (Å²) in [6, 6.07) is 6.83. The third-order valence-electron chi connectivity index (χ3n) is 3.87. The summed E-state index contributed by atoms with van der Waals surface area (Å²) in [5.74, 6) is -0.970. The molecule has 0 spiro atoms. The van der Waals surface area contributed by atoms with Crippen LogP contribution in [0.2, 0.25) is 0 Å². The number of hydrogen-bond acceptors (Lipinski definition) is 3. The van der Waals surface area contributed by atoms with E-state index >= 15 is 0 Å². The Morgan fingerprint density at radius 2 is 2.14 bits per heavy atom. The van der Waals surface area contributed by atoms with Crippen LogP contribution in [0.3, 0.4) is 0 Å². The summed E-state index contributed by atoms with van der Waals surface area (Å²) in [5.41, 5.74) is 2.62. The number of hydrogen-bond donors (Lipinski definition) is 1. The van der Waals surface area contributed by atoms with Crippen molar-refractivity contribution in [2.45, 2.75) is 25.8 Å². The number of amides is 1. The molecule has 6 heteroatoms. The second-order valence-corrected chi connectivity index (χ2v) is 5.06. The number of carboxylic acid groups (broad SMARTS) is 1. The minimum Gasteiger partial charge on any atom is -0.481 e. The fourth-order valence-corrected chi connectivity index (χ4v) is 2.88. The van der Waals surface area contributed by atoms with E-state index in [2.05, 4.69) is 6.92 Å². The predicted molar refractivity (Wildman–Crippen MR) is 76.0 cm³/mol. The van der Waals surface area contributed by atoms with Gasteiger partial charge in [-0.05, 0) is 30.2 Å². The molecule has 1 atom stereocenters. The molecule has 0 saturated heterocycles. The molecule has 6 nitrogen and oxygen atoms in total. The molecule has 0 bridgehead atoms. The normalized spacial score (nSPS) is 17.5. The van der Waals surface area contributed by atoms with Gasteiger partial charge in [-0.15, -0.1) is 0 Å². The molecule has 0 radical (unpaired) electrons. The summed E-state index contributed by atoms with van der Waals surface area (Å²) < 4.78 is 1.53. The van der Waals surface area contributed by atoms with E-state index in [1.54, 1.807) is 0 Å². The van der Waals surface area contributed by atoms with Crippen molar-refractivity contribution >= 4 is 22.9 Å². The summed E-state index contributed by atoms with van der Waals surface area (Å²) >= 11 is 0. The maximum atomic E-state index is 12.4. The van der Waals surface area contributed by atoms with Gasteiger partial charge >= 0.3 is 12.0 Å². The third-order valence-corrected chi connectivity index (χ3v) is 3.87. The lowest BCUT2D eigenvalue weighted by Gasteiger charge is -2.19. The van der Waals surface area contributed by atoms with Gasteiger partial charge in [0.25, 0.3) is 0 Å². The van der Waals surface area contributed by atoms with Gasteiger partial charge in [-0.1, -0.05) is 13.0 Å². The van der Waals surface area contributed by atoms with E-state index < -0.39 is 12.0 Å². The quantitative estimate of drug-likeness (QED) is 0.938. The van der Waals surface area contributed by atoms with Crippen molar-refractivity contribution in [1.82, 2.24) is 9.63 Å². The van der Waals surface area contributed by atoms with Gasteiger partial charge in [0.15, 0.2) is 0 Å². The number of aromatic nitrogens is 1. The molecule has 1 aromatic heterocycles. The van der Waals surface area contributed by atoms with Crippen molar-refractivity contribution in [1.29, 1.82) is 0 Å². The number of aliphatic carboxylic acids is 1. The van der Waals surface area contributed by atoms with Gasteiger partial charge in [0.1, 0.15) is 6.04 Å². The number of rotatable bonds is 4. The highest BCUT2D eigenvalue weighted by molar-refractivity contribution is 5.95. The van der Waals surface area contributed by atoms with Crippen LogP contribution in [0.4, 0.5) is 4.79 Å². The van der Waals surface area contributed by atoms with Gasteiger partial charge in [0.05, 0.1) is 24.7 Å². The van der Waals surface area contributed by atoms with Gasteiger partial charge in [0, 0.05) is 5.39 Å². The van der Waals surface area contributed by atoms with E-state index in [-0.39, 0.29) is 12.5 Å². The zero-order valence-electron chi connectivity index (χ0n) is 11.9. The molecule has 2 aromatic rings. The van der Waals surface area contributed by atoms with Crippen molar-refractivity contribution in [3.63, 3.8) is 0 Å². The minimum atomic E-state index is -0.970. The van der Waals surface area contributed by atoms with Crippen LogP contribution < -0.4 is 0 Å². The van der Waals surface area contributed by atoms with E-state index in [9.17, 15) is 9.59 Å². The van der Waals surface area contributed by atoms with Gasteiger partial charge in [-0.3, -0.25) is 14.2 Å². The largest absolute Gasteiger partial charge is 0.481 e. The summed E-state index contributed by atoms with van der Waals surface area (Å²) in [7, 11) is 1.37. The van der Waals surface area contributed by atoms with Crippen LogP contribution in [0.25, 0.3) is 10.9 Å². The van der Waals surface area contributed by atoms with Gasteiger partial charge < -0.3 is 5.11 Å². The lowest BCUT2D eigenvalue weighted by Crippen LogP contribution is -2.29. The Hall–Kier alpha value is -2.34. The fraction of sp³-hybridized carbons (Fsp3) is 0.333. The first kappa shape index (κ1) is 13.6. The van der Waals surface area contributed by atoms with Crippen molar-refractivity contribution in [3.8, 4) is 0 Å². The van der Waals surface area contributed by atoms with Crippen molar-refractivity contribution in [3.05, 3.63) is 35.5 Å². The monoisotopic (exact) mass is 288 g/mol. The Balaban J connectivity index is 2.16. The van der Waals surface area contributed by atoms with Crippen molar-refractivity contribution in [2.24, 2.45) is 0 Å². The van der Waals surface area contributed by atoms with Crippen LogP contribution >= 0.6 is 0 Å². The Morgan fingerprint density at radius 3 is 2.76 bits per heavy atom. The zero-order valence-corrected chi connectivity index (χ0v) is 11.9. The minimum absolute atomic E-state index is 0.184. The first-order valence-electron chi connectivity index (χ1n) is 6.80. The molecule has 0 fully saturated rings. The van der Waals surface area contributed by atoms with E-state index in [0.29, 0.717) is 5.69 Å². The fourth-order valence-electron chi connectivity index (χ4n) is 2.88. The molecule has 1 unspecified atom stereocenters. The van der Waals surface area contributed by atoms with Crippen LogP contribution in [0.15, 0.2) is 24.3 Å². The first-order valence-corrected chi connectivity index (χ1v) is 6.80. The molecule has 3 rings (SSSR count). The molecule has 0 saturated carbocycles. The molecule has 1 N–H and O–H groups in total. The number of benzene rings is 1. The average molecular weight is 288 g/mol. The predicted octanol–water partition coefficient (Wildman–Crippen LogP) is 2.56. The van der Waals surface area contributed by atoms with Crippen LogP contribution in [-0.4, -0.2) is 33.8 Å². The molecule has 21 heavy (non-hydrogen) atoms. The lowest BCUT2D eigenvalue weighted by molar-refractivity contribution is -0.146. The lowest BCUT2D eigenvalue weighted by atomic mass is 10.1. The standard InChI is InChI=1S/C15H16N2O4/c1-3-9-4-5-11-10(6-9)7-12-13(8-14(18)19)17(21-2)15(20)16(11)12/h4-7,13H,3,8H2,1-2H3,(H,18,19). The van der Waals surface area contributed by atoms with Gasteiger partial charge in [0.2, 0.25) is 0 Å². The Kier molecular flexibility index (Phi) is 3.17. The average Bonchev–Trinajstić information content (AvgIpc) is 2.94. The highest BCUT2D eigenvalue weighted by atomic mass is 16.7. The highest BCUT2D eigenvalue weighted by Gasteiger charge is 2.40. The van der Waals surface area contributed by atoms with Crippen molar-refractivity contribution in [2.75, 3.05) is 7.11 Å². The SMILES string of the molecule is CCc1ccc2c(c1)cc1n2C(=O)N(OC)C1CC(=O)O. The van der Waals surface area contributed by atoms with E-state index in [4.69, 9.17) is 9.94 Å². The molecular formula is C15H16N2O4. The summed E-state index contributed by atoms with van der Waals surface area (Å²) in [6.45, 7) is 2.07. The second-order valence-electron chi connectivity index (χ2n) is 5.06. The summed E-state index contributed by atoms with van der Waals surface area (Å²) in [6.07, 6.45) is 0.726. The number of carbonyl (C=O) groups excluding carboxylic acids is 1. The number of hydroxylamine groups is 2. The van der Waals surface area contributed by atoms with Gasteiger partial charge in [-0.25, -0.2) is 4.79 Å². The number of aryl methyl sites for hydroxylation is 1. The molecule has 2 heterocycles. The van der Waals surface area contributed by atoms with Crippen LogP contribution in [0.5, 0.6) is 0 Å². The first-order chi connectivity index (χ1) is 10.1. The highest BCUT2D eigenvalue weighted by Crippen LogP contribution is 2.37. The molecular weight excluding hydrogens is 272 g/mol. The maximum absolute atomic E-state index is 12.4. The third kappa shape index (κ3) is 1.99. The Bertz CT molecular complexity index is 735. The van der Waals surface area contributed by atoms with E-state index in [0.717, 1.165) is 22.4 Å². The maximum Gasteiger partial charge on any atom is 0.353 e. The molecule has 110 valence electrons. The van der Waals surface area contributed by atoms with E-state index in [1.807, 2.05) is 24.3 Å². The molecule has 1 aromatic carbocycles. The van der Waals surface area contributed by atoms with Crippen LogP contribution in [0, 0.1) is 0 Å². The zero-order chi connectivity index (χ0) is 15.1. The second kappa shape index (κ2) is 4.89. The van der Waals surface area contributed by atoms with Crippen LogP contribution in [-0.2, 0) is 16.1 Å². The number of carboxylic acids is 1. The molecule has 1 aliphatic rings. The van der Waals surface area contributed by atoms with Crippen LogP contribution in [0.1, 0.15) is 30.6 Å². The molecule has 1 aliphatic heterocycles. The smallest absolute Gasteiger partial charge is 0.353 e.